The number of rotatable bonds is 5. The second kappa shape index (κ2) is 6.65. The summed E-state index contributed by atoms with van der Waals surface area (Å²) in [6.45, 7) is 6.02. The van der Waals surface area contributed by atoms with Crippen LogP contribution in [0.5, 0.6) is 0 Å². The highest BCUT2D eigenvalue weighted by Gasteiger charge is 2.15. The van der Waals surface area contributed by atoms with Crippen molar-refractivity contribution in [2.45, 2.75) is 44.1 Å². The van der Waals surface area contributed by atoms with Gasteiger partial charge in [-0.25, -0.2) is 4.68 Å². The van der Waals surface area contributed by atoms with Gasteiger partial charge >= 0.3 is 5.97 Å². The lowest BCUT2D eigenvalue weighted by Gasteiger charge is -2.19. The SMILES string of the molecule is CC(C)(C)OC(=O)CCCNn1ccc(S)cc1=O. The molecule has 19 heavy (non-hydrogen) atoms. The Labute approximate surface area is 118 Å². The van der Waals surface area contributed by atoms with Crippen LogP contribution in [0.15, 0.2) is 28.0 Å². The van der Waals surface area contributed by atoms with E-state index in [0.29, 0.717) is 24.3 Å². The molecule has 0 unspecified atom stereocenters. The Morgan fingerprint density at radius 3 is 2.74 bits per heavy atom. The normalized spacial score (nSPS) is 11.2. The van der Waals surface area contributed by atoms with Gasteiger partial charge in [-0.05, 0) is 33.3 Å². The monoisotopic (exact) mass is 284 g/mol. The van der Waals surface area contributed by atoms with E-state index >= 15 is 0 Å². The highest BCUT2D eigenvalue weighted by Crippen LogP contribution is 2.08. The molecular formula is C13H20N2O3S. The topological polar surface area (TPSA) is 60.3 Å². The highest BCUT2D eigenvalue weighted by molar-refractivity contribution is 7.80. The molecule has 0 spiro atoms. The summed E-state index contributed by atoms with van der Waals surface area (Å²) in [5.74, 6) is -0.229. The second-order valence-electron chi connectivity index (χ2n) is 5.19. The van der Waals surface area contributed by atoms with E-state index < -0.39 is 5.60 Å². The third kappa shape index (κ3) is 6.33. The van der Waals surface area contributed by atoms with Crippen molar-refractivity contribution in [1.82, 2.24) is 4.68 Å². The third-order valence-electron chi connectivity index (χ3n) is 2.16. The molecule has 0 saturated carbocycles. The summed E-state index contributed by atoms with van der Waals surface area (Å²) >= 11 is 4.07. The van der Waals surface area contributed by atoms with Gasteiger partial charge in [-0.1, -0.05) is 0 Å². The maximum atomic E-state index is 11.5. The first-order chi connectivity index (χ1) is 8.78. The fourth-order valence-corrected chi connectivity index (χ4v) is 1.60. The van der Waals surface area contributed by atoms with Crippen molar-refractivity contribution >= 4 is 18.6 Å². The van der Waals surface area contributed by atoms with Crippen LogP contribution in [0.4, 0.5) is 0 Å². The van der Waals surface area contributed by atoms with E-state index in [1.54, 1.807) is 12.3 Å². The van der Waals surface area contributed by atoms with Gasteiger partial charge < -0.3 is 10.2 Å². The quantitative estimate of drug-likeness (QED) is 0.492. The zero-order chi connectivity index (χ0) is 14.5. The maximum Gasteiger partial charge on any atom is 0.306 e. The number of ether oxygens (including phenoxy) is 1. The zero-order valence-electron chi connectivity index (χ0n) is 11.5. The molecule has 0 aliphatic heterocycles. The molecule has 1 aromatic heterocycles. The molecule has 1 heterocycles. The molecule has 1 aromatic rings. The number of thiol groups is 1. The Bertz CT molecular complexity index is 491. The molecule has 1 rings (SSSR count). The van der Waals surface area contributed by atoms with Gasteiger partial charge in [-0.15, -0.1) is 12.6 Å². The van der Waals surface area contributed by atoms with Crippen LogP contribution in [-0.2, 0) is 9.53 Å². The number of esters is 1. The van der Waals surface area contributed by atoms with Crippen molar-refractivity contribution < 1.29 is 9.53 Å². The second-order valence-corrected chi connectivity index (χ2v) is 5.71. The van der Waals surface area contributed by atoms with Crippen molar-refractivity contribution in [1.29, 1.82) is 0 Å². The van der Waals surface area contributed by atoms with Crippen LogP contribution < -0.4 is 11.0 Å². The van der Waals surface area contributed by atoms with Crippen molar-refractivity contribution in [3.63, 3.8) is 0 Å². The zero-order valence-corrected chi connectivity index (χ0v) is 12.4. The van der Waals surface area contributed by atoms with Gasteiger partial charge in [-0.2, -0.15) is 0 Å². The molecule has 0 fully saturated rings. The van der Waals surface area contributed by atoms with E-state index in [-0.39, 0.29) is 11.5 Å². The van der Waals surface area contributed by atoms with Crippen LogP contribution in [0.3, 0.4) is 0 Å². The van der Waals surface area contributed by atoms with E-state index in [4.69, 9.17) is 4.74 Å². The molecule has 6 heteroatoms. The maximum absolute atomic E-state index is 11.5. The number of nitrogens with zero attached hydrogens (tertiary/aromatic N) is 1. The molecule has 0 amide bonds. The first kappa shape index (κ1) is 15.6. The summed E-state index contributed by atoms with van der Waals surface area (Å²) in [5.41, 5.74) is 2.29. The largest absolute Gasteiger partial charge is 0.460 e. The standard InChI is InChI=1S/C13H20N2O3S/c1-13(2,3)18-12(17)5-4-7-14-15-8-6-10(19)9-11(15)16/h6,8-9,14,19H,4-5,7H2,1-3H3. The molecule has 5 nitrogen and oxygen atoms in total. The molecule has 1 N–H and O–H groups in total. The Kier molecular flexibility index (Phi) is 5.47. The summed E-state index contributed by atoms with van der Waals surface area (Å²) in [6.07, 6.45) is 2.53. The van der Waals surface area contributed by atoms with Gasteiger partial charge in [0.15, 0.2) is 0 Å². The first-order valence-corrected chi connectivity index (χ1v) is 6.60. The number of carbonyl (C=O) groups excluding carboxylic acids is 1. The minimum atomic E-state index is -0.455. The number of pyridine rings is 1. The van der Waals surface area contributed by atoms with Crippen molar-refractivity contribution in [2.24, 2.45) is 0 Å². The summed E-state index contributed by atoms with van der Waals surface area (Å²) in [5, 5.41) is 0. The van der Waals surface area contributed by atoms with Gasteiger partial charge in [0.05, 0.1) is 0 Å². The average molecular weight is 284 g/mol. The average Bonchev–Trinajstić information content (AvgIpc) is 2.24. The van der Waals surface area contributed by atoms with Crippen molar-refractivity contribution in [3.8, 4) is 0 Å². The van der Waals surface area contributed by atoms with Crippen LogP contribution in [0.1, 0.15) is 33.6 Å². The molecule has 106 valence electrons. The van der Waals surface area contributed by atoms with Gasteiger partial charge in [0.1, 0.15) is 5.60 Å². The molecule has 0 aliphatic carbocycles. The van der Waals surface area contributed by atoms with Gasteiger partial charge in [0.25, 0.3) is 5.56 Å². The molecule has 0 radical (unpaired) electrons. The molecule has 0 bridgehead atoms. The van der Waals surface area contributed by atoms with Crippen LogP contribution >= 0.6 is 12.6 Å². The van der Waals surface area contributed by atoms with E-state index in [0.717, 1.165) is 0 Å². The molecule has 0 atom stereocenters. The third-order valence-corrected chi connectivity index (χ3v) is 2.44. The van der Waals surface area contributed by atoms with Gasteiger partial charge in [0.2, 0.25) is 0 Å². The Morgan fingerprint density at radius 1 is 1.47 bits per heavy atom. The number of carbonyl (C=O) groups is 1. The van der Waals surface area contributed by atoms with Crippen LogP contribution in [0.25, 0.3) is 0 Å². The molecule has 0 aromatic carbocycles. The predicted molar refractivity (Wildman–Crippen MR) is 77.3 cm³/mol. The number of hydrogen-bond acceptors (Lipinski definition) is 5. The Morgan fingerprint density at radius 2 is 2.16 bits per heavy atom. The lowest BCUT2D eigenvalue weighted by Crippen LogP contribution is -2.29. The summed E-state index contributed by atoms with van der Waals surface area (Å²) in [6, 6.07) is 3.13. The fourth-order valence-electron chi connectivity index (χ4n) is 1.42. The van der Waals surface area contributed by atoms with Crippen molar-refractivity contribution in [3.05, 3.63) is 28.7 Å². The molecular weight excluding hydrogens is 264 g/mol. The Hall–Kier alpha value is -1.43. The molecule has 0 aliphatic rings. The Balaban J connectivity index is 2.31. The van der Waals surface area contributed by atoms with E-state index in [9.17, 15) is 9.59 Å². The van der Waals surface area contributed by atoms with Crippen molar-refractivity contribution in [2.75, 3.05) is 12.0 Å². The fraction of sp³-hybridized carbons (Fsp3) is 0.538. The lowest BCUT2D eigenvalue weighted by atomic mass is 10.2. The number of hydrogen-bond donors (Lipinski definition) is 2. The lowest BCUT2D eigenvalue weighted by molar-refractivity contribution is -0.154. The van der Waals surface area contributed by atoms with Crippen LogP contribution in [0, 0.1) is 0 Å². The van der Waals surface area contributed by atoms with E-state index in [1.165, 1.54) is 10.7 Å². The molecule has 0 saturated heterocycles. The number of aromatic nitrogens is 1. The first-order valence-electron chi connectivity index (χ1n) is 6.15. The van der Waals surface area contributed by atoms with E-state index in [1.807, 2.05) is 20.8 Å². The summed E-state index contributed by atoms with van der Waals surface area (Å²) < 4.78 is 6.55. The van der Waals surface area contributed by atoms with Gasteiger partial charge in [0, 0.05) is 30.1 Å². The predicted octanol–water partition coefficient (Wildman–Crippen LogP) is 1.80. The van der Waals surface area contributed by atoms with E-state index in [2.05, 4.69) is 18.1 Å². The van der Waals surface area contributed by atoms with Gasteiger partial charge in [-0.3, -0.25) is 9.59 Å². The van der Waals surface area contributed by atoms with Crippen LogP contribution in [-0.4, -0.2) is 22.8 Å². The minimum Gasteiger partial charge on any atom is -0.460 e. The smallest absolute Gasteiger partial charge is 0.306 e. The highest BCUT2D eigenvalue weighted by atomic mass is 32.1. The summed E-state index contributed by atoms with van der Waals surface area (Å²) in [7, 11) is 0. The van der Waals surface area contributed by atoms with Crippen LogP contribution in [0.2, 0.25) is 0 Å². The minimum absolute atomic E-state index is 0.176. The summed E-state index contributed by atoms with van der Waals surface area (Å²) in [4.78, 5) is 23.6. The number of nitrogens with one attached hydrogen (secondary N) is 1.